The monoisotopic (exact) mass is 462 g/mol. The van der Waals surface area contributed by atoms with E-state index in [1.54, 1.807) is 0 Å². The van der Waals surface area contributed by atoms with Crippen molar-refractivity contribution in [1.29, 1.82) is 0 Å². The molecule has 0 fully saturated rings. The summed E-state index contributed by atoms with van der Waals surface area (Å²) in [7, 11) is 0. The van der Waals surface area contributed by atoms with Crippen LogP contribution in [0.3, 0.4) is 0 Å². The van der Waals surface area contributed by atoms with Crippen molar-refractivity contribution in [2.45, 2.75) is 79.5 Å². The maximum atomic E-state index is 13.6. The quantitative estimate of drug-likeness (QED) is 0.361. The molecule has 2 rings (SSSR count). The summed E-state index contributed by atoms with van der Waals surface area (Å²) in [5.74, 6) is 0.289. The molecule has 2 nitrogen and oxygen atoms in total. The van der Waals surface area contributed by atoms with Gasteiger partial charge in [0, 0.05) is 0 Å². The topological polar surface area (TPSA) is 34.1 Å². The Hall–Kier alpha value is -0.901. The second-order valence-electron chi connectivity index (χ2n) is 7.79. The van der Waals surface area contributed by atoms with Gasteiger partial charge in [0.05, 0.1) is 0 Å². The molecule has 142 valence electrons. The van der Waals surface area contributed by atoms with Crippen molar-refractivity contribution >= 4 is 29.9 Å². The van der Waals surface area contributed by atoms with Crippen LogP contribution in [-0.4, -0.2) is 29.9 Å². The fourth-order valence-corrected chi connectivity index (χ4v) is 21.9. The number of hydrogen-bond donors (Lipinski definition) is 0. The number of hydrogen-bond acceptors (Lipinski definition) is 2. The van der Waals surface area contributed by atoms with Crippen LogP contribution >= 0.6 is 0 Å². The molecule has 0 bridgehead atoms. The zero-order valence-electron chi connectivity index (χ0n) is 17.0. The third-order valence-corrected chi connectivity index (χ3v) is 21.9. The van der Waals surface area contributed by atoms with E-state index in [1.165, 1.54) is 51.8 Å². The zero-order chi connectivity index (χ0) is 19.2. The van der Waals surface area contributed by atoms with Gasteiger partial charge in [-0.05, 0) is 0 Å². The van der Waals surface area contributed by atoms with Crippen molar-refractivity contribution < 1.29 is 9.59 Å². The molecule has 1 aliphatic rings. The molecule has 1 aromatic carbocycles. The molecule has 0 saturated carbocycles. The molecule has 0 amide bonds. The molecule has 1 aromatic rings. The van der Waals surface area contributed by atoms with E-state index in [0.717, 1.165) is 9.16 Å². The molecule has 0 radical (unpaired) electrons. The van der Waals surface area contributed by atoms with Gasteiger partial charge in [0.2, 0.25) is 0 Å². The Morgan fingerprint density at radius 1 is 0.731 bits per heavy atom. The molecular weight excluding hydrogens is 427 g/mol. The predicted molar refractivity (Wildman–Crippen MR) is 113 cm³/mol. The predicted octanol–water partition coefficient (Wildman–Crippen LogP) is 6.77. The molecule has 3 heteroatoms. The summed E-state index contributed by atoms with van der Waals surface area (Å²) in [5.41, 5.74) is 2.05. The van der Waals surface area contributed by atoms with Crippen molar-refractivity contribution in [3.05, 3.63) is 44.6 Å². The number of carbonyl (C=O) groups excluding carboxylic acids is 2. The summed E-state index contributed by atoms with van der Waals surface area (Å²) >= 11 is -2.93. The van der Waals surface area contributed by atoms with Gasteiger partial charge in [0.25, 0.3) is 0 Å². The number of fused-ring (bicyclic) bond motifs is 1. The van der Waals surface area contributed by atoms with Crippen molar-refractivity contribution in [2.75, 3.05) is 0 Å². The molecule has 0 unspecified atom stereocenters. The minimum absolute atomic E-state index is 0.0979. The van der Waals surface area contributed by atoms with Crippen molar-refractivity contribution in [2.24, 2.45) is 0 Å². The van der Waals surface area contributed by atoms with E-state index in [1.807, 2.05) is 31.2 Å². The van der Waals surface area contributed by atoms with E-state index < -0.39 is 18.4 Å². The van der Waals surface area contributed by atoms with E-state index in [9.17, 15) is 9.59 Å². The second kappa shape index (κ2) is 9.87. The molecule has 26 heavy (non-hydrogen) atoms. The van der Waals surface area contributed by atoms with Crippen molar-refractivity contribution in [1.82, 2.24) is 0 Å². The average Bonchev–Trinajstić information content (AvgIpc) is 2.67. The van der Waals surface area contributed by atoms with Crippen molar-refractivity contribution in [3.63, 3.8) is 0 Å². The summed E-state index contributed by atoms with van der Waals surface area (Å²) in [6.07, 6.45) is 7.10. The van der Waals surface area contributed by atoms with Crippen LogP contribution in [-0.2, 0) is 0 Å². The second-order valence-corrected chi connectivity index (χ2v) is 20.8. The summed E-state index contributed by atoms with van der Waals surface area (Å²) < 4.78 is 4.70. The summed E-state index contributed by atoms with van der Waals surface area (Å²) in [6.45, 7) is 8.64. The normalized spacial score (nSPS) is 14.8. The van der Waals surface area contributed by atoms with E-state index in [4.69, 9.17) is 0 Å². The molecule has 0 atom stereocenters. The first-order valence-corrected chi connectivity index (χ1v) is 17.9. The van der Waals surface area contributed by atoms with E-state index >= 15 is 0 Å². The molecule has 0 spiro atoms. The Labute approximate surface area is 163 Å². The van der Waals surface area contributed by atoms with Gasteiger partial charge in [-0.3, -0.25) is 0 Å². The number of rotatable bonds is 10. The Morgan fingerprint density at radius 2 is 1.15 bits per heavy atom. The summed E-state index contributed by atoms with van der Waals surface area (Å²) in [6, 6.07) is 7.43. The molecule has 0 heterocycles. The number of unbranched alkanes of at least 4 members (excludes halogenated alkanes) is 3. The van der Waals surface area contributed by atoms with Crippen LogP contribution in [0.2, 0.25) is 13.3 Å². The van der Waals surface area contributed by atoms with Crippen LogP contribution in [0.5, 0.6) is 0 Å². The Morgan fingerprint density at radius 3 is 1.58 bits per heavy atom. The van der Waals surface area contributed by atoms with Crippen LogP contribution in [0, 0.1) is 0 Å². The standard InChI is InChI=1S/C11H7O2.3C4H9.Sn/c1-7-6-10(12)8-4-2-3-5-9(8)11(7)13;3*1-3-4-2;/h2-5H,1H3;3*1,3-4H2,2H3;. The summed E-state index contributed by atoms with van der Waals surface area (Å²) in [5, 5.41) is 0. The minimum atomic E-state index is -2.93. The van der Waals surface area contributed by atoms with E-state index in [0.29, 0.717) is 11.1 Å². The molecule has 0 saturated heterocycles. The first-order valence-electron chi connectivity index (χ1n) is 10.4. The maximum absolute atomic E-state index is 13.6. The van der Waals surface area contributed by atoms with Crippen LogP contribution in [0.25, 0.3) is 0 Å². The van der Waals surface area contributed by atoms with Crippen LogP contribution < -0.4 is 0 Å². The number of benzene rings is 1. The Kier molecular flexibility index (Phi) is 8.12. The molecular formula is C23H34O2Sn. The molecule has 0 aromatic heterocycles. The van der Waals surface area contributed by atoms with Gasteiger partial charge in [-0.1, -0.05) is 0 Å². The third-order valence-electron chi connectivity index (χ3n) is 5.92. The zero-order valence-corrected chi connectivity index (χ0v) is 19.8. The van der Waals surface area contributed by atoms with Gasteiger partial charge in [-0.2, -0.15) is 0 Å². The van der Waals surface area contributed by atoms with Gasteiger partial charge >= 0.3 is 164 Å². The molecule has 1 aliphatic carbocycles. The van der Waals surface area contributed by atoms with Crippen LogP contribution in [0.1, 0.15) is 86.9 Å². The number of Topliss-reactive ketones (excluding diaryl/α,β-unsaturated/α-hetero) is 2. The molecule has 0 aliphatic heterocycles. The van der Waals surface area contributed by atoms with Gasteiger partial charge in [0.15, 0.2) is 0 Å². The van der Waals surface area contributed by atoms with E-state index in [-0.39, 0.29) is 11.6 Å². The first kappa shape index (κ1) is 21.4. The molecule has 0 N–H and O–H groups in total. The van der Waals surface area contributed by atoms with Crippen LogP contribution in [0.4, 0.5) is 0 Å². The van der Waals surface area contributed by atoms with Gasteiger partial charge in [-0.15, -0.1) is 0 Å². The van der Waals surface area contributed by atoms with Gasteiger partial charge in [0.1, 0.15) is 0 Å². The average molecular weight is 461 g/mol. The Balaban J connectivity index is 2.58. The summed E-state index contributed by atoms with van der Waals surface area (Å²) in [4.78, 5) is 26.6. The number of allylic oxidation sites excluding steroid dienone is 2. The van der Waals surface area contributed by atoms with Crippen molar-refractivity contribution in [3.8, 4) is 0 Å². The van der Waals surface area contributed by atoms with Gasteiger partial charge in [-0.25, -0.2) is 0 Å². The SMILES string of the molecule is CCC[CH2][Sn]([CH2]CCC)([CH2]CCC)[C]1=C(C)C(=O)c2ccccc2C1=O. The first-order chi connectivity index (χ1) is 12.5. The fraction of sp³-hybridized carbons (Fsp3) is 0.565. The Bertz CT molecular complexity index is 665. The van der Waals surface area contributed by atoms with Gasteiger partial charge < -0.3 is 0 Å². The van der Waals surface area contributed by atoms with Crippen LogP contribution in [0.15, 0.2) is 33.4 Å². The van der Waals surface area contributed by atoms with E-state index in [2.05, 4.69) is 20.8 Å². The number of carbonyl (C=O) groups is 2. The number of ketones is 2. The third kappa shape index (κ3) is 4.32. The fourth-order valence-electron chi connectivity index (χ4n) is 4.43.